The highest BCUT2D eigenvalue weighted by Gasteiger charge is 2.48. The zero-order valence-electron chi connectivity index (χ0n) is 12.7. The first-order chi connectivity index (χ1) is 9.45. The lowest BCUT2D eigenvalue weighted by Crippen LogP contribution is -2.57. The van der Waals surface area contributed by atoms with E-state index >= 15 is 0 Å². The highest BCUT2D eigenvalue weighted by molar-refractivity contribution is 7.18. The third-order valence-corrected chi connectivity index (χ3v) is 5.85. The maximum absolute atomic E-state index is 5.51. The summed E-state index contributed by atoms with van der Waals surface area (Å²) in [6.45, 7) is 8.77. The minimum Gasteiger partial charge on any atom is -0.381 e. The Morgan fingerprint density at radius 1 is 1.35 bits per heavy atom. The molecule has 1 fully saturated rings. The molecular formula is C15H21N3OS. The van der Waals surface area contributed by atoms with Crippen molar-refractivity contribution in [3.63, 3.8) is 0 Å². The van der Waals surface area contributed by atoms with Crippen molar-refractivity contribution in [3.05, 3.63) is 16.8 Å². The van der Waals surface area contributed by atoms with Crippen molar-refractivity contribution >= 4 is 27.4 Å². The van der Waals surface area contributed by atoms with Crippen molar-refractivity contribution in [1.29, 1.82) is 0 Å². The lowest BCUT2D eigenvalue weighted by atomic mass is 9.64. The number of fused-ring (bicyclic) bond motifs is 1. The van der Waals surface area contributed by atoms with Gasteiger partial charge in [0.05, 0.1) is 11.5 Å². The van der Waals surface area contributed by atoms with Gasteiger partial charge in [-0.15, -0.1) is 11.3 Å². The lowest BCUT2D eigenvalue weighted by Gasteiger charge is -2.51. The van der Waals surface area contributed by atoms with E-state index in [1.165, 1.54) is 15.8 Å². The van der Waals surface area contributed by atoms with Crippen LogP contribution in [-0.4, -0.2) is 29.2 Å². The Balaban J connectivity index is 1.93. The number of methoxy groups -OCH3 is 1. The Bertz CT molecular complexity index is 650. The molecule has 4 nitrogen and oxygen atoms in total. The molecule has 1 N–H and O–H groups in total. The highest BCUT2D eigenvalue weighted by atomic mass is 32.1. The minimum atomic E-state index is 0.130. The summed E-state index contributed by atoms with van der Waals surface area (Å²) in [5.41, 5.74) is 1.42. The van der Waals surface area contributed by atoms with Crippen LogP contribution in [0.4, 0.5) is 5.82 Å². The fourth-order valence-corrected chi connectivity index (χ4v) is 3.98. The van der Waals surface area contributed by atoms with Crippen LogP contribution >= 0.6 is 11.3 Å². The van der Waals surface area contributed by atoms with Crippen LogP contribution in [0.3, 0.4) is 0 Å². The monoisotopic (exact) mass is 291 g/mol. The van der Waals surface area contributed by atoms with Crippen molar-refractivity contribution in [3.8, 4) is 0 Å². The van der Waals surface area contributed by atoms with Crippen LogP contribution in [0.15, 0.2) is 6.33 Å². The highest BCUT2D eigenvalue weighted by Crippen LogP contribution is 2.44. The molecule has 0 aromatic carbocycles. The second-order valence-electron chi connectivity index (χ2n) is 6.16. The molecule has 3 rings (SSSR count). The number of anilines is 1. The van der Waals surface area contributed by atoms with Crippen molar-refractivity contribution < 1.29 is 4.74 Å². The molecule has 2 unspecified atom stereocenters. The number of nitrogens with zero attached hydrogens (tertiary/aromatic N) is 2. The standard InChI is InChI=1S/C15H21N3OS/c1-8-9(2)20-14-12(8)13(16-7-17-14)18-10-6-11(19-5)15(10,3)4/h7,10-11H,6H2,1-5H3,(H,16,17,18). The molecule has 108 valence electrons. The summed E-state index contributed by atoms with van der Waals surface area (Å²) in [5, 5.41) is 4.78. The van der Waals surface area contributed by atoms with E-state index < -0.39 is 0 Å². The molecular weight excluding hydrogens is 270 g/mol. The van der Waals surface area contributed by atoms with Gasteiger partial charge in [0, 0.05) is 23.4 Å². The second kappa shape index (κ2) is 4.67. The summed E-state index contributed by atoms with van der Waals surface area (Å²) in [6.07, 6.45) is 3.00. The maximum atomic E-state index is 5.51. The molecule has 0 spiro atoms. The van der Waals surface area contributed by atoms with Crippen molar-refractivity contribution in [2.75, 3.05) is 12.4 Å². The first kappa shape index (κ1) is 13.8. The summed E-state index contributed by atoms with van der Waals surface area (Å²) in [4.78, 5) is 11.2. The normalized spacial score (nSPS) is 24.6. The smallest absolute Gasteiger partial charge is 0.138 e. The average molecular weight is 291 g/mol. The van der Waals surface area contributed by atoms with E-state index in [-0.39, 0.29) is 5.41 Å². The predicted octanol–water partition coefficient (Wildman–Crippen LogP) is 3.53. The lowest BCUT2D eigenvalue weighted by molar-refractivity contribution is -0.0795. The van der Waals surface area contributed by atoms with E-state index in [9.17, 15) is 0 Å². The Labute approximate surface area is 123 Å². The van der Waals surface area contributed by atoms with Crippen LogP contribution in [0.25, 0.3) is 10.2 Å². The summed E-state index contributed by atoms with van der Waals surface area (Å²) in [7, 11) is 1.79. The van der Waals surface area contributed by atoms with Crippen LogP contribution in [0.5, 0.6) is 0 Å². The number of rotatable bonds is 3. The van der Waals surface area contributed by atoms with Crippen LogP contribution in [-0.2, 0) is 4.74 Å². The van der Waals surface area contributed by atoms with Crippen molar-refractivity contribution in [2.24, 2.45) is 5.41 Å². The predicted molar refractivity (Wildman–Crippen MR) is 83.5 cm³/mol. The van der Waals surface area contributed by atoms with E-state index in [1.54, 1.807) is 24.8 Å². The van der Waals surface area contributed by atoms with Crippen LogP contribution in [0.2, 0.25) is 0 Å². The molecule has 0 radical (unpaired) electrons. The average Bonchev–Trinajstić information content (AvgIpc) is 2.70. The van der Waals surface area contributed by atoms with Gasteiger partial charge >= 0.3 is 0 Å². The molecule has 20 heavy (non-hydrogen) atoms. The van der Waals surface area contributed by atoms with Crippen LogP contribution < -0.4 is 5.32 Å². The quantitative estimate of drug-likeness (QED) is 0.939. The Morgan fingerprint density at radius 3 is 2.75 bits per heavy atom. The second-order valence-corrected chi connectivity index (χ2v) is 7.37. The Morgan fingerprint density at radius 2 is 2.10 bits per heavy atom. The minimum absolute atomic E-state index is 0.130. The molecule has 2 heterocycles. The number of hydrogen-bond donors (Lipinski definition) is 1. The molecule has 0 amide bonds. The molecule has 0 bridgehead atoms. The van der Waals surface area contributed by atoms with Gasteiger partial charge in [0.25, 0.3) is 0 Å². The van der Waals surface area contributed by atoms with E-state index in [1.807, 2.05) is 0 Å². The molecule has 5 heteroatoms. The molecule has 2 aromatic rings. The summed E-state index contributed by atoms with van der Waals surface area (Å²) >= 11 is 1.73. The molecule has 0 saturated heterocycles. The van der Waals surface area contributed by atoms with Gasteiger partial charge in [-0.3, -0.25) is 0 Å². The van der Waals surface area contributed by atoms with Gasteiger partial charge in [0.1, 0.15) is 17.0 Å². The van der Waals surface area contributed by atoms with E-state index in [2.05, 4.69) is 43.0 Å². The van der Waals surface area contributed by atoms with Gasteiger partial charge in [-0.2, -0.15) is 0 Å². The van der Waals surface area contributed by atoms with Crippen molar-refractivity contribution in [2.45, 2.75) is 46.3 Å². The zero-order chi connectivity index (χ0) is 14.5. The first-order valence-electron chi connectivity index (χ1n) is 6.95. The summed E-state index contributed by atoms with van der Waals surface area (Å²) in [5.74, 6) is 0.962. The Hall–Kier alpha value is -1.20. The van der Waals surface area contributed by atoms with Gasteiger partial charge in [-0.05, 0) is 25.8 Å². The number of aryl methyl sites for hydroxylation is 2. The third kappa shape index (κ3) is 1.91. The molecule has 1 saturated carbocycles. The molecule has 2 atom stereocenters. The maximum Gasteiger partial charge on any atom is 0.138 e. The molecule has 1 aliphatic carbocycles. The van der Waals surface area contributed by atoms with Gasteiger partial charge in [0.2, 0.25) is 0 Å². The number of ether oxygens (including phenoxy) is 1. The summed E-state index contributed by atoms with van der Waals surface area (Å²) < 4.78 is 5.51. The van der Waals surface area contributed by atoms with E-state index in [0.717, 1.165) is 17.1 Å². The fourth-order valence-electron chi connectivity index (χ4n) is 2.99. The van der Waals surface area contributed by atoms with E-state index in [0.29, 0.717) is 12.1 Å². The van der Waals surface area contributed by atoms with Crippen molar-refractivity contribution in [1.82, 2.24) is 9.97 Å². The van der Waals surface area contributed by atoms with Gasteiger partial charge < -0.3 is 10.1 Å². The number of aromatic nitrogens is 2. The largest absolute Gasteiger partial charge is 0.381 e. The number of hydrogen-bond acceptors (Lipinski definition) is 5. The van der Waals surface area contributed by atoms with Gasteiger partial charge in [-0.1, -0.05) is 13.8 Å². The number of thiophene rings is 1. The van der Waals surface area contributed by atoms with Gasteiger partial charge in [0.15, 0.2) is 0 Å². The van der Waals surface area contributed by atoms with Crippen LogP contribution in [0.1, 0.15) is 30.7 Å². The molecule has 1 aliphatic rings. The van der Waals surface area contributed by atoms with Gasteiger partial charge in [-0.25, -0.2) is 9.97 Å². The molecule has 2 aromatic heterocycles. The first-order valence-corrected chi connectivity index (χ1v) is 7.76. The van der Waals surface area contributed by atoms with Crippen LogP contribution in [0, 0.1) is 19.3 Å². The Kier molecular flexibility index (Phi) is 3.21. The third-order valence-electron chi connectivity index (χ3n) is 4.74. The SMILES string of the molecule is COC1CC(Nc2ncnc3sc(C)c(C)c23)C1(C)C. The summed E-state index contributed by atoms with van der Waals surface area (Å²) in [6, 6.07) is 0.394. The zero-order valence-corrected chi connectivity index (χ0v) is 13.5. The topological polar surface area (TPSA) is 47.0 Å². The molecule has 0 aliphatic heterocycles. The van der Waals surface area contributed by atoms with E-state index in [4.69, 9.17) is 4.74 Å². The fraction of sp³-hybridized carbons (Fsp3) is 0.600. The number of nitrogens with one attached hydrogen (secondary N) is 1.